The molecule has 0 saturated heterocycles. The van der Waals surface area contributed by atoms with Crippen molar-refractivity contribution in [2.75, 3.05) is 7.11 Å². The maximum atomic E-state index is 12.2. The number of benzene rings is 1. The summed E-state index contributed by atoms with van der Waals surface area (Å²) in [5.74, 6) is 0. The van der Waals surface area contributed by atoms with Gasteiger partial charge in [-0.3, -0.25) is 0 Å². The van der Waals surface area contributed by atoms with Crippen molar-refractivity contribution in [3.05, 3.63) is 28.8 Å². The van der Waals surface area contributed by atoms with Crippen LogP contribution >= 0.6 is 11.6 Å². The summed E-state index contributed by atoms with van der Waals surface area (Å²) >= 11 is 5.86. The van der Waals surface area contributed by atoms with Crippen LogP contribution in [0.4, 0.5) is 0 Å². The van der Waals surface area contributed by atoms with Crippen LogP contribution in [0.5, 0.6) is 0 Å². The van der Waals surface area contributed by atoms with Gasteiger partial charge in [-0.25, -0.2) is 13.1 Å². The minimum Gasteiger partial charge on any atom is -0.381 e. The highest BCUT2D eigenvalue weighted by Gasteiger charge is 2.28. The van der Waals surface area contributed by atoms with Crippen molar-refractivity contribution in [1.82, 2.24) is 4.72 Å². The smallest absolute Gasteiger partial charge is 0.240 e. The van der Waals surface area contributed by atoms with Crippen LogP contribution in [-0.4, -0.2) is 27.7 Å². The molecule has 0 bridgehead atoms. The molecule has 1 aliphatic rings. The van der Waals surface area contributed by atoms with Gasteiger partial charge in [-0.2, -0.15) is 5.26 Å². The number of methoxy groups -OCH3 is 1. The fourth-order valence-electron chi connectivity index (χ4n) is 2.30. The summed E-state index contributed by atoms with van der Waals surface area (Å²) in [5, 5.41) is 8.92. The highest BCUT2D eigenvalue weighted by atomic mass is 35.5. The molecule has 1 aromatic rings. The van der Waals surface area contributed by atoms with E-state index in [2.05, 4.69) is 4.72 Å². The van der Waals surface area contributed by atoms with Gasteiger partial charge < -0.3 is 4.74 Å². The van der Waals surface area contributed by atoms with E-state index >= 15 is 0 Å². The van der Waals surface area contributed by atoms with Crippen molar-refractivity contribution >= 4 is 21.6 Å². The van der Waals surface area contributed by atoms with Crippen molar-refractivity contribution in [1.29, 1.82) is 5.26 Å². The van der Waals surface area contributed by atoms with Gasteiger partial charge in [-0.05, 0) is 37.5 Å². The van der Waals surface area contributed by atoms with E-state index in [1.165, 1.54) is 18.2 Å². The van der Waals surface area contributed by atoms with Gasteiger partial charge in [-0.1, -0.05) is 11.6 Å². The van der Waals surface area contributed by atoms with Crippen molar-refractivity contribution in [2.45, 2.75) is 36.3 Å². The standard InChI is InChI=1S/C13H15ClN2O3S/c1-19-11-4-3-10(6-11)16-20(17,18)12-5-2-9(8-15)13(14)7-12/h2,5,7,10-11,16H,3-4,6H2,1H3. The highest BCUT2D eigenvalue weighted by molar-refractivity contribution is 7.89. The number of sulfonamides is 1. The molecule has 20 heavy (non-hydrogen) atoms. The fourth-order valence-corrected chi connectivity index (χ4v) is 3.90. The summed E-state index contributed by atoms with van der Waals surface area (Å²) in [6.45, 7) is 0. The third-order valence-electron chi connectivity index (χ3n) is 3.41. The van der Waals surface area contributed by atoms with Crippen LogP contribution in [-0.2, 0) is 14.8 Å². The molecule has 108 valence electrons. The van der Waals surface area contributed by atoms with E-state index in [0.717, 1.165) is 12.8 Å². The maximum Gasteiger partial charge on any atom is 0.240 e. The lowest BCUT2D eigenvalue weighted by Gasteiger charge is -2.13. The van der Waals surface area contributed by atoms with E-state index in [9.17, 15) is 8.42 Å². The molecule has 1 N–H and O–H groups in total. The second-order valence-corrected chi connectivity index (χ2v) is 6.86. The van der Waals surface area contributed by atoms with Crippen molar-refractivity contribution in [2.24, 2.45) is 0 Å². The van der Waals surface area contributed by atoms with Crippen LogP contribution in [0.2, 0.25) is 5.02 Å². The Kier molecular flexibility index (Phi) is 4.66. The van der Waals surface area contributed by atoms with E-state index in [1.807, 2.05) is 6.07 Å². The Hall–Kier alpha value is -1.13. The number of nitrogens with zero attached hydrogens (tertiary/aromatic N) is 1. The number of halogens is 1. The molecular formula is C13H15ClN2O3S. The first-order chi connectivity index (χ1) is 9.46. The van der Waals surface area contributed by atoms with Crippen LogP contribution in [0.1, 0.15) is 24.8 Å². The first-order valence-electron chi connectivity index (χ1n) is 6.21. The Morgan fingerprint density at radius 2 is 2.20 bits per heavy atom. The molecule has 2 unspecified atom stereocenters. The molecule has 1 fully saturated rings. The molecule has 1 aliphatic carbocycles. The van der Waals surface area contributed by atoms with Gasteiger partial charge in [-0.15, -0.1) is 0 Å². The minimum absolute atomic E-state index is 0.0716. The van der Waals surface area contributed by atoms with Gasteiger partial charge >= 0.3 is 0 Å². The number of nitriles is 1. The predicted octanol–water partition coefficient (Wildman–Crippen LogP) is 2.06. The molecule has 0 aliphatic heterocycles. The number of rotatable bonds is 4. The third kappa shape index (κ3) is 3.30. The monoisotopic (exact) mass is 314 g/mol. The number of nitrogens with one attached hydrogen (secondary N) is 1. The Bertz CT molecular complexity index is 640. The van der Waals surface area contributed by atoms with Gasteiger partial charge in [0.15, 0.2) is 0 Å². The zero-order valence-electron chi connectivity index (χ0n) is 11.0. The molecule has 0 spiro atoms. The summed E-state index contributed by atoms with van der Waals surface area (Å²) < 4.78 is 32.4. The second kappa shape index (κ2) is 6.10. The Morgan fingerprint density at radius 3 is 2.75 bits per heavy atom. The van der Waals surface area contributed by atoms with E-state index in [0.29, 0.717) is 6.42 Å². The highest BCUT2D eigenvalue weighted by Crippen LogP contribution is 2.25. The fraction of sp³-hybridized carbons (Fsp3) is 0.462. The normalized spacial score (nSPS) is 22.6. The van der Waals surface area contributed by atoms with Crippen LogP contribution < -0.4 is 4.72 Å². The lowest BCUT2D eigenvalue weighted by Crippen LogP contribution is -2.33. The first-order valence-corrected chi connectivity index (χ1v) is 8.07. The van der Waals surface area contributed by atoms with Gasteiger partial charge in [0.05, 0.1) is 21.6 Å². The molecule has 0 heterocycles. The second-order valence-electron chi connectivity index (χ2n) is 4.74. The molecule has 7 heteroatoms. The molecule has 1 aromatic carbocycles. The van der Waals surface area contributed by atoms with Gasteiger partial charge in [0.1, 0.15) is 6.07 Å². The molecule has 1 saturated carbocycles. The van der Waals surface area contributed by atoms with E-state index in [4.69, 9.17) is 21.6 Å². The maximum absolute atomic E-state index is 12.2. The number of hydrogen-bond donors (Lipinski definition) is 1. The van der Waals surface area contributed by atoms with E-state index in [-0.39, 0.29) is 27.6 Å². The Labute approximate surface area is 123 Å². The lowest BCUT2D eigenvalue weighted by atomic mass is 10.2. The molecule has 0 aromatic heterocycles. The topological polar surface area (TPSA) is 79.2 Å². The number of hydrogen-bond acceptors (Lipinski definition) is 4. The quantitative estimate of drug-likeness (QED) is 0.922. The SMILES string of the molecule is COC1CCC(NS(=O)(=O)c2ccc(C#N)c(Cl)c2)C1. The van der Waals surface area contributed by atoms with Crippen LogP contribution in [0.3, 0.4) is 0 Å². The Balaban J connectivity index is 2.15. The van der Waals surface area contributed by atoms with Crippen molar-refractivity contribution < 1.29 is 13.2 Å². The van der Waals surface area contributed by atoms with Crippen molar-refractivity contribution in [3.8, 4) is 6.07 Å². The lowest BCUT2D eigenvalue weighted by molar-refractivity contribution is 0.107. The molecule has 0 amide bonds. The average molecular weight is 315 g/mol. The van der Waals surface area contributed by atoms with E-state index in [1.54, 1.807) is 7.11 Å². The summed E-state index contributed by atoms with van der Waals surface area (Å²) in [6, 6.07) is 5.86. The summed E-state index contributed by atoms with van der Waals surface area (Å²) in [5.41, 5.74) is 0.255. The summed E-state index contributed by atoms with van der Waals surface area (Å²) in [7, 11) is -2.00. The van der Waals surface area contributed by atoms with Crippen LogP contribution in [0.15, 0.2) is 23.1 Å². The zero-order valence-corrected chi connectivity index (χ0v) is 12.5. The molecule has 2 rings (SSSR count). The third-order valence-corrected chi connectivity index (χ3v) is 5.24. The predicted molar refractivity (Wildman–Crippen MR) is 74.9 cm³/mol. The average Bonchev–Trinajstić information content (AvgIpc) is 2.85. The minimum atomic E-state index is -3.62. The van der Waals surface area contributed by atoms with Crippen molar-refractivity contribution in [3.63, 3.8) is 0 Å². The van der Waals surface area contributed by atoms with Gasteiger partial charge in [0.25, 0.3) is 0 Å². The van der Waals surface area contributed by atoms with Crippen LogP contribution in [0, 0.1) is 11.3 Å². The molecule has 2 atom stereocenters. The number of ether oxygens (including phenoxy) is 1. The molecule has 0 radical (unpaired) electrons. The molecule has 5 nitrogen and oxygen atoms in total. The first kappa shape index (κ1) is 15.3. The zero-order chi connectivity index (χ0) is 14.8. The van der Waals surface area contributed by atoms with Gasteiger partial charge in [0.2, 0.25) is 10.0 Å². The largest absolute Gasteiger partial charge is 0.381 e. The Morgan fingerprint density at radius 1 is 1.45 bits per heavy atom. The van der Waals surface area contributed by atoms with Crippen LogP contribution in [0.25, 0.3) is 0 Å². The van der Waals surface area contributed by atoms with E-state index < -0.39 is 10.0 Å². The summed E-state index contributed by atoms with van der Waals surface area (Å²) in [6.07, 6.45) is 2.37. The van der Waals surface area contributed by atoms with Gasteiger partial charge in [0, 0.05) is 13.2 Å². The molecular weight excluding hydrogens is 300 g/mol. The summed E-state index contributed by atoms with van der Waals surface area (Å²) in [4.78, 5) is 0.0716.